The molecule has 1 aromatic rings. The second-order valence-corrected chi connectivity index (χ2v) is 7.41. The Labute approximate surface area is 185 Å². The van der Waals surface area contributed by atoms with Gasteiger partial charge >= 0.3 is 29.6 Å². The Bertz CT molecular complexity index is 742. The molecule has 9 nitrogen and oxygen atoms in total. The van der Waals surface area contributed by atoms with Crippen LogP contribution in [-0.2, 0) is 9.59 Å². The summed E-state index contributed by atoms with van der Waals surface area (Å²) in [4.78, 5) is 33.3. The fourth-order valence-corrected chi connectivity index (χ4v) is 4.40. The molecule has 2 atom stereocenters. The molecule has 0 saturated heterocycles. The number of thioether (sulfide) groups is 2. The summed E-state index contributed by atoms with van der Waals surface area (Å²) in [5, 5.41) is 44.0. The summed E-state index contributed by atoms with van der Waals surface area (Å²) >= 11 is 2.06. The molecule has 3 N–H and O–H groups in total. The quantitative estimate of drug-likeness (QED) is 0.231. The second-order valence-electron chi connectivity index (χ2n) is 5.20. The maximum absolute atomic E-state index is 12.4. The number of nitro groups is 1. The summed E-state index contributed by atoms with van der Waals surface area (Å²) < 4.78 is 0. The van der Waals surface area contributed by atoms with E-state index in [0.29, 0.717) is 11.5 Å². The van der Waals surface area contributed by atoms with E-state index in [2.05, 4.69) is 5.32 Å². The number of nitro benzene ring substituents is 1. The first-order chi connectivity index (χ1) is 12.3. The molecule has 0 aromatic heterocycles. The van der Waals surface area contributed by atoms with Crippen LogP contribution >= 0.6 is 23.5 Å². The number of carboxylic acids is 1. The second kappa shape index (κ2) is 11.1. The number of aliphatic carboxylic acids is 1. The molecule has 0 radical (unpaired) electrons. The number of nitrogens with one attached hydrogen (secondary N) is 1. The number of amides is 1. The van der Waals surface area contributed by atoms with Crippen molar-refractivity contribution in [3.8, 4) is 0 Å². The van der Waals surface area contributed by atoms with E-state index in [-0.39, 0.29) is 50.6 Å². The van der Waals surface area contributed by atoms with Crippen LogP contribution in [0.2, 0.25) is 0 Å². The Morgan fingerprint density at radius 3 is 2.22 bits per heavy atom. The minimum absolute atomic E-state index is 0. The molecule has 12 heteroatoms. The molecule has 1 amide bonds. The van der Waals surface area contributed by atoms with Gasteiger partial charge in [0.15, 0.2) is 0 Å². The number of carbonyl (C=O) groups excluding carboxylic acids is 2. The number of aliphatic hydroxyl groups excluding tert-OH is 2. The summed E-state index contributed by atoms with van der Waals surface area (Å²) in [6, 6.07) is 3.90. The van der Waals surface area contributed by atoms with Crippen LogP contribution < -0.4 is 40.0 Å². The number of nitrogens with zero attached hydrogens (tertiary/aromatic N) is 1. The van der Waals surface area contributed by atoms with Crippen LogP contribution in [0.25, 0.3) is 0 Å². The van der Waals surface area contributed by atoms with Crippen molar-refractivity contribution in [2.24, 2.45) is 0 Å². The van der Waals surface area contributed by atoms with Crippen molar-refractivity contribution in [1.82, 2.24) is 5.32 Å². The molecule has 0 saturated carbocycles. The largest absolute Gasteiger partial charge is 1.00 e. The fourth-order valence-electron chi connectivity index (χ4n) is 2.22. The monoisotopic (exact) mass is 422 g/mol. The number of benzene rings is 1. The van der Waals surface area contributed by atoms with Gasteiger partial charge in [-0.15, -0.1) is 23.5 Å². The van der Waals surface area contributed by atoms with Crippen LogP contribution in [0.5, 0.6) is 0 Å². The predicted molar refractivity (Wildman–Crippen MR) is 94.0 cm³/mol. The Hall–Kier alpha value is -1.08. The van der Waals surface area contributed by atoms with Crippen molar-refractivity contribution in [3.63, 3.8) is 0 Å². The zero-order chi connectivity index (χ0) is 19.3. The summed E-state index contributed by atoms with van der Waals surface area (Å²) in [7, 11) is 0. The molecule has 1 heterocycles. The predicted octanol–water partition coefficient (Wildman–Crippen LogP) is -3.45. The van der Waals surface area contributed by atoms with Crippen molar-refractivity contribution in [2.45, 2.75) is 12.1 Å². The van der Waals surface area contributed by atoms with Gasteiger partial charge in [0.2, 0.25) is 0 Å². The van der Waals surface area contributed by atoms with Gasteiger partial charge in [-0.05, 0) is 17.7 Å². The van der Waals surface area contributed by atoms with E-state index in [1.807, 2.05) is 0 Å². The smallest absolute Gasteiger partial charge is 0.544 e. The Balaban J connectivity index is 0.00000364. The molecule has 1 aliphatic heterocycles. The molecule has 0 fully saturated rings. The fraction of sp³-hybridized carbons (Fsp3) is 0.333. The summed E-state index contributed by atoms with van der Waals surface area (Å²) in [6.07, 6.45) is -1.34. The molecular weight excluding hydrogens is 407 g/mol. The van der Waals surface area contributed by atoms with Crippen molar-refractivity contribution >= 4 is 41.1 Å². The Kier molecular flexibility index (Phi) is 9.81. The topological polar surface area (TPSA) is 153 Å². The molecular formula is C15H15N2NaO7S2. The van der Waals surface area contributed by atoms with E-state index >= 15 is 0 Å². The molecule has 1 aliphatic rings. The third-order valence-electron chi connectivity index (χ3n) is 3.51. The van der Waals surface area contributed by atoms with E-state index in [0.717, 1.165) is 23.5 Å². The van der Waals surface area contributed by atoms with Crippen LogP contribution in [0, 0.1) is 10.1 Å². The van der Waals surface area contributed by atoms with Gasteiger partial charge in [-0.3, -0.25) is 14.9 Å². The molecule has 140 valence electrons. The summed E-state index contributed by atoms with van der Waals surface area (Å²) in [6.45, 7) is -0.615. The van der Waals surface area contributed by atoms with Gasteiger partial charge in [0.25, 0.3) is 11.6 Å². The molecule has 2 rings (SSSR count). The van der Waals surface area contributed by atoms with Crippen molar-refractivity contribution in [2.75, 3.05) is 18.1 Å². The third kappa shape index (κ3) is 6.21. The summed E-state index contributed by atoms with van der Waals surface area (Å²) in [5.41, 5.74) is 0.0969. The van der Waals surface area contributed by atoms with Gasteiger partial charge in [0.05, 0.1) is 28.4 Å². The molecule has 0 bridgehead atoms. The van der Waals surface area contributed by atoms with Crippen molar-refractivity contribution in [3.05, 3.63) is 49.8 Å². The molecule has 27 heavy (non-hydrogen) atoms. The Morgan fingerprint density at radius 2 is 1.74 bits per heavy atom. The average molecular weight is 422 g/mol. The molecule has 0 spiro atoms. The number of aliphatic hydroxyl groups is 2. The molecule has 0 unspecified atom stereocenters. The SMILES string of the molecule is O=C([O-])C1=C(C(=O)N[C@H](CO)[C@H](O)c2ccc([N+](=O)[O-])cc2)SCCS1.[Na+]. The van der Waals surface area contributed by atoms with Crippen LogP contribution in [0.4, 0.5) is 5.69 Å². The first-order valence-corrected chi connectivity index (χ1v) is 9.37. The van der Waals surface area contributed by atoms with Crippen LogP contribution in [0.15, 0.2) is 34.1 Å². The first-order valence-electron chi connectivity index (χ1n) is 7.40. The Morgan fingerprint density at radius 1 is 1.19 bits per heavy atom. The van der Waals surface area contributed by atoms with Crippen molar-refractivity contribution < 1.29 is 59.4 Å². The number of hydrogen-bond donors (Lipinski definition) is 3. The van der Waals surface area contributed by atoms with Gasteiger partial charge in [-0.2, -0.15) is 0 Å². The van der Waals surface area contributed by atoms with Gasteiger partial charge in [0, 0.05) is 28.5 Å². The van der Waals surface area contributed by atoms with Crippen LogP contribution in [-0.4, -0.2) is 51.2 Å². The number of non-ortho nitro benzene ring substituents is 1. The zero-order valence-corrected chi connectivity index (χ0v) is 17.9. The number of hydrogen-bond acceptors (Lipinski definition) is 9. The first kappa shape index (κ1) is 24.0. The average Bonchev–Trinajstić information content (AvgIpc) is 2.65. The standard InChI is InChI=1S/C15H16N2O7S2.Na/c18-7-10(11(19)8-1-3-9(4-2-8)17(23)24)16-14(20)12-13(15(21)22)26-6-5-25-12;/h1-4,10-11,18-19H,5-7H2,(H,16,20)(H,21,22);/q;+1/p-1/t10-,11-;/m1./s1. The van der Waals surface area contributed by atoms with Gasteiger partial charge < -0.3 is 25.4 Å². The normalized spacial score (nSPS) is 16.1. The van der Waals surface area contributed by atoms with E-state index in [9.17, 15) is 35.0 Å². The maximum Gasteiger partial charge on any atom is 1.00 e. The molecule has 0 aliphatic carbocycles. The third-order valence-corrected chi connectivity index (χ3v) is 6.06. The summed E-state index contributed by atoms with van der Waals surface area (Å²) in [5.74, 6) is -1.12. The van der Waals surface area contributed by atoms with Gasteiger partial charge in [-0.25, -0.2) is 0 Å². The minimum Gasteiger partial charge on any atom is -0.544 e. The number of carboxylic acid groups (broad SMARTS) is 1. The van der Waals surface area contributed by atoms with E-state index < -0.39 is 35.6 Å². The van der Waals surface area contributed by atoms with E-state index in [1.54, 1.807) is 0 Å². The van der Waals surface area contributed by atoms with Gasteiger partial charge in [0.1, 0.15) is 6.10 Å². The maximum atomic E-state index is 12.4. The number of rotatable bonds is 7. The molecule has 1 aromatic carbocycles. The van der Waals surface area contributed by atoms with E-state index in [1.165, 1.54) is 24.3 Å². The van der Waals surface area contributed by atoms with Crippen LogP contribution in [0.3, 0.4) is 0 Å². The minimum atomic E-state index is -1.45. The number of carbonyl (C=O) groups is 2. The van der Waals surface area contributed by atoms with E-state index in [4.69, 9.17) is 0 Å². The zero-order valence-electron chi connectivity index (χ0n) is 14.3. The van der Waals surface area contributed by atoms with Crippen molar-refractivity contribution in [1.29, 1.82) is 0 Å². The van der Waals surface area contributed by atoms with Gasteiger partial charge in [-0.1, -0.05) is 0 Å². The van der Waals surface area contributed by atoms with Crippen LogP contribution in [0.1, 0.15) is 11.7 Å².